The van der Waals surface area contributed by atoms with Crippen LogP contribution in [0.2, 0.25) is 0 Å². The van der Waals surface area contributed by atoms with Crippen molar-refractivity contribution in [3.63, 3.8) is 0 Å². The van der Waals surface area contributed by atoms with Gasteiger partial charge in [0.05, 0.1) is 0 Å². The maximum absolute atomic E-state index is 11.8. The van der Waals surface area contributed by atoms with E-state index in [1.165, 1.54) is 12.3 Å². The van der Waals surface area contributed by atoms with Crippen LogP contribution in [0.1, 0.15) is 29.9 Å². The second kappa shape index (κ2) is 6.15. The highest BCUT2D eigenvalue weighted by Crippen LogP contribution is 2.12. The second-order valence-electron chi connectivity index (χ2n) is 4.57. The Labute approximate surface area is 112 Å². The standard InChI is InChI=1S/C14H17N3O2/c1-10(2)15-9-11-4-3-5-12(8-11)16-14(18)13-6-7-19-17-13/h3-8,10,15H,9H2,1-2H3,(H,16,18). The van der Waals surface area contributed by atoms with Crippen molar-refractivity contribution in [1.82, 2.24) is 10.5 Å². The van der Waals surface area contributed by atoms with E-state index in [-0.39, 0.29) is 11.6 Å². The molecule has 2 aromatic rings. The number of amides is 1. The number of carbonyl (C=O) groups is 1. The largest absolute Gasteiger partial charge is 0.364 e. The second-order valence-corrected chi connectivity index (χ2v) is 4.57. The predicted octanol–water partition coefficient (Wildman–Crippen LogP) is 2.42. The first kappa shape index (κ1) is 13.3. The summed E-state index contributed by atoms with van der Waals surface area (Å²) >= 11 is 0. The van der Waals surface area contributed by atoms with Gasteiger partial charge >= 0.3 is 0 Å². The molecule has 1 heterocycles. The van der Waals surface area contributed by atoms with Crippen molar-refractivity contribution in [2.24, 2.45) is 0 Å². The molecule has 2 rings (SSSR count). The molecule has 5 nitrogen and oxygen atoms in total. The van der Waals surface area contributed by atoms with E-state index in [2.05, 4.69) is 34.2 Å². The zero-order chi connectivity index (χ0) is 13.7. The maximum atomic E-state index is 11.8. The van der Waals surface area contributed by atoms with Crippen molar-refractivity contribution >= 4 is 11.6 Å². The van der Waals surface area contributed by atoms with Gasteiger partial charge in [-0.05, 0) is 17.7 Å². The van der Waals surface area contributed by atoms with Crippen molar-refractivity contribution < 1.29 is 9.32 Å². The minimum absolute atomic E-state index is 0.269. The summed E-state index contributed by atoms with van der Waals surface area (Å²) in [4.78, 5) is 11.8. The molecular weight excluding hydrogens is 242 g/mol. The highest BCUT2D eigenvalue weighted by molar-refractivity contribution is 6.02. The lowest BCUT2D eigenvalue weighted by Crippen LogP contribution is -2.21. The van der Waals surface area contributed by atoms with Gasteiger partial charge in [-0.15, -0.1) is 0 Å². The molecule has 0 bridgehead atoms. The number of nitrogens with one attached hydrogen (secondary N) is 2. The van der Waals surface area contributed by atoms with E-state index < -0.39 is 0 Å². The number of benzene rings is 1. The van der Waals surface area contributed by atoms with Gasteiger partial charge < -0.3 is 15.2 Å². The average molecular weight is 259 g/mol. The van der Waals surface area contributed by atoms with Gasteiger partial charge in [0.1, 0.15) is 6.26 Å². The molecule has 0 aliphatic carbocycles. The molecular formula is C14H17N3O2. The van der Waals surface area contributed by atoms with E-state index >= 15 is 0 Å². The Bertz CT molecular complexity index is 535. The fourth-order valence-electron chi connectivity index (χ4n) is 1.61. The van der Waals surface area contributed by atoms with Crippen LogP contribution >= 0.6 is 0 Å². The SMILES string of the molecule is CC(C)NCc1cccc(NC(=O)c2ccon2)c1. The molecule has 0 saturated carbocycles. The van der Waals surface area contributed by atoms with Crippen LogP contribution in [-0.2, 0) is 6.54 Å². The van der Waals surface area contributed by atoms with Crippen molar-refractivity contribution in [2.75, 3.05) is 5.32 Å². The van der Waals surface area contributed by atoms with Gasteiger partial charge in [0.25, 0.3) is 5.91 Å². The molecule has 5 heteroatoms. The zero-order valence-corrected chi connectivity index (χ0v) is 11.0. The summed E-state index contributed by atoms with van der Waals surface area (Å²) < 4.78 is 4.64. The third kappa shape index (κ3) is 3.93. The molecule has 0 atom stereocenters. The lowest BCUT2D eigenvalue weighted by atomic mass is 10.2. The lowest BCUT2D eigenvalue weighted by Gasteiger charge is -2.09. The number of hydrogen-bond donors (Lipinski definition) is 2. The van der Waals surface area contributed by atoms with Gasteiger partial charge in [-0.25, -0.2) is 0 Å². The van der Waals surface area contributed by atoms with Crippen LogP contribution in [0.4, 0.5) is 5.69 Å². The number of carbonyl (C=O) groups excluding carboxylic acids is 1. The summed E-state index contributed by atoms with van der Waals surface area (Å²) in [5.74, 6) is -0.275. The van der Waals surface area contributed by atoms with E-state index in [4.69, 9.17) is 0 Å². The van der Waals surface area contributed by atoms with Crippen LogP contribution in [0.3, 0.4) is 0 Å². The minimum atomic E-state index is -0.275. The summed E-state index contributed by atoms with van der Waals surface area (Å²) in [5.41, 5.74) is 2.13. The molecule has 1 aromatic carbocycles. The van der Waals surface area contributed by atoms with Crippen LogP contribution in [0.25, 0.3) is 0 Å². The lowest BCUT2D eigenvalue weighted by molar-refractivity contribution is 0.101. The molecule has 1 amide bonds. The Balaban J connectivity index is 2.01. The van der Waals surface area contributed by atoms with Gasteiger partial charge in [-0.3, -0.25) is 4.79 Å². The summed E-state index contributed by atoms with van der Waals surface area (Å²) in [6, 6.07) is 9.66. The van der Waals surface area contributed by atoms with E-state index in [0.29, 0.717) is 6.04 Å². The van der Waals surface area contributed by atoms with Gasteiger partial charge in [0, 0.05) is 24.3 Å². The molecule has 19 heavy (non-hydrogen) atoms. The third-order valence-electron chi connectivity index (χ3n) is 2.57. The summed E-state index contributed by atoms with van der Waals surface area (Å²) in [6.07, 6.45) is 1.37. The molecule has 2 N–H and O–H groups in total. The fraction of sp³-hybridized carbons (Fsp3) is 0.286. The van der Waals surface area contributed by atoms with Crippen molar-refractivity contribution in [3.05, 3.63) is 47.9 Å². The van der Waals surface area contributed by atoms with Crippen LogP contribution in [-0.4, -0.2) is 17.1 Å². The molecule has 0 radical (unpaired) electrons. The Morgan fingerprint density at radius 2 is 2.21 bits per heavy atom. The molecule has 0 aliphatic heterocycles. The monoisotopic (exact) mass is 259 g/mol. The van der Waals surface area contributed by atoms with Crippen LogP contribution in [0.15, 0.2) is 41.1 Å². The topological polar surface area (TPSA) is 67.2 Å². The highest BCUT2D eigenvalue weighted by Gasteiger charge is 2.09. The van der Waals surface area contributed by atoms with Crippen molar-refractivity contribution in [1.29, 1.82) is 0 Å². The predicted molar refractivity (Wildman–Crippen MR) is 72.9 cm³/mol. The average Bonchev–Trinajstić information content (AvgIpc) is 2.91. The van der Waals surface area contributed by atoms with Crippen molar-refractivity contribution in [2.45, 2.75) is 26.4 Å². The van der Waals surface area contributed by atoms with Gasteiger partial charge in [0.15, 0.2) is 5.69 Å². The molecule has 100 valence electrons. The summed E-state index contributed by atoms with van der Waals surface area (Å²) in [6.45, 7) is 4.96. The Kier molecular flexibility index (Phi) is 4.30. The van der Waals surface area contributed by atoms with E-state index in [0.717, 1.165) is 17.8 Å². The Morgan fingerprint density at radius 1 is 1.37 bits per heavy atom. The van der Waals surface area contributed by atoms with Crippen LogP contribution in [0, 0.1) is 0 Å². The number of rotatable bonds is 5. The summed E-state index contributed by atoms with van der Waals surface area (Å²) in [7, 11) is 0. The number of hydrogen-bond acceptors (Lipinski definition) is 4. The minimum Gasteiger partial charge on any atom is -0.364 e. The fourth-order valence-corrected chi connectivity index (χ4v) is 1.61. The Hall–Kier alpha value is -2.14. The molecule has 0 spiro atoms. The highest BCUT2D eigenvalue weighted by atomic mass is 16.5. The van der Waals surface area contributed by atoms with E-state index in [9.17, 15) is 4.79 Å². The van der Waals surface area contributed by atoms with Gasteiger partial charge in [-0.1, -0.05) is 31.1 Å². The molecule has 0 unspecified atom stereocenters. The third-order valence-corrected chi connectivity index (χ3v) is 2.57. The Morgan fingerprint density at radius 3 is 2.89 bits per heavy atom. The van der Waals surface area contributed by atoms with Crippen molar-refractivity contribution in [3.8, 4) is 0 Å². The summed E-state index contributed by atoms with van der Waals surface area (Å²) in [5, 5.41) is 9.71. The molecule has 0 saturated heterocycles. The van der Waals surface area contributed by atoms with Crippen LogP contribution < -0.4 is 10.6 Å². The number of nitrogens with zero attached hydrogens (tertiary/aromatic N) is 1. The smallest absolute Gasteiger partial charge is 0.277 e. The number of aromatic nitrogens is 1. The molecule has 0 aliphatic rings. The van der Waals surface area contributed by atoms with E-state index in [1.54, 1.807) is 0 Å². The van der Waals surface area contributed by atoms with Crippen LogP contribution in [0.5, 0.6) is 0 Å². The van der Waals surface area contributed by atoms with E-state index in [1.807, 2.05) is 24.3 Å². The molecule has 0 fully saturated rings. The first-order valence-electron chi connectivity index (χ1n) is 6.19. The first-order chi connectivity index (χ1) is 9.15. The quantitative estimate of drug-likeness (QED) is 0.865. The number of anilines is 1. The van der Waals surface area contributed by atoms with Gasteiger partial charge in [-0.2, -0.15) is 0 Å². The zero-order valence-electron chi connectivity index (χ0n) is 11.0. The maximum Gasteiger partial charge on any atom is 0.277 e. The first-order valence-corrected chi connectivity index (χ1v) is 6.19. The normalized spacial score (nSPS) is 10.7. The van der Waals surface area contributed by atoms with Gasteiger partial charge in [0.2, 0.25) is 0 Å². The molecule has 1 aromatic heterocycles.